The van der Waals surface area contributed by atoms with E-state index in [1.807, 2.05) is 0 Å². The van der Waals surface area contributed by atoms with Crippen LogP contribution in [0.5, 0.6) is 5.75 Å². The second kappa shape index (κ2) is 9.23. The van der Waals surface area contributed by atoms with E-state index >= 15 is 0 Å². The fourth-order valence-corrected chi connectivity index (χ4v) is 3.94. The molecule has 0 unspecified atom stereocenters. The molecule has 6 nitrogen and oxygen atoms in total. The summed E-state index contributed by atoms with van der Waals surface area (Å²) in [5.74, 6) is -0.359. The van der Waals surface area contributed by atoms with Gasteiger partial charge in [-0.2, -0.15) is 0 Å². The minimum Gasteiger partial charge on any atom is -0.483 e. The van der Waals surface area contributed by atoms with Crippen LogP contribution in [0.3, 0.4) is 0 Å². The highest BCUT2D eigenvalue weighted by molar-refractivity contribution is 9.10. The lowest BCUT2D eigenvalue weighted by atomic mass is 10.2. The molecule has 1 heterocycles. The van der Waals surface area contributed by atoms with Crippen LogP contribution in [0, 0.1) is 5.82 Å². The third-order valence-corrected chi connectivity index (χ3v) is 5.71. The Labute approximate surface area is 180 Å². The highest BCUT2D eigenvalue weighted by Crippen LogP contribution is 2.33. The summed E-state index contributed by atoms with van der Waals surface area (Å²) in [5.41, 5.74) is 1.29. The van der Waals surface area contributed by atoms with Gasteiger partial charge in [0, 0.05) is 19.8 Å². The van der Waals surface area contributed by atoms with E-state index in [-0.39, 0.29) is 24.2 Å². The van der Waals surface area contributed by atoms with Crippen molar-refractivity contribution in [2.45, 2.75) is 0 Å². The zero-order valence-corrected chi connectivity index (χ0v) is 18.0. The molecule has 2 aromatic rings. The third-order valence-electron chi connectivity index (χ3n) is 3.94. The maximum Gasteiger partial charge on any atom is 0.266 e. The van der Waals surface area contributed by atoms with Crippen molar-refractivity contribution >= 4 is 56.4 Å². The van der Waals surface area contributed by atoms with Crippen molar-refractivity contribution in [2.24, 2.45) is 4.99 Å². The van der Waals surface area contributed by atoms with Gasteiger partial charge in [0.1, 0.15) is 11.6 Å². The first-order chi connectivity index (χ1) is 13.9. The van der Waals surface area contributed by atoms with E-state index < -0.39 is 0 Å². The lowest BCUT2D eigenvalue weighted by Gasteiger charge is -2.10. The number of aliphatic imine (C=N–C) groups is 1. The van der Waals surface area contributed by atoms with E-state index in [2.05, 4.69) is 26.2 Å². The van der Waals surface area contributed by atoms with E-state index in [9.17, 15) is 14.0 Å². The van der Waals surface area contributed by atoms with Crippen LogP contribution in [-0.4, -0.2) is 42.6 Å². The monoisotopic (exact) mass is 477 g/mol. The lowest BCUT2D eigenvalue weighted by Crippen LogP contribution is -2.23. The van der Waals surface area contributed by atoms with Gasteiger partial charge in [-0.25, -0.2) is 4.39 Å². The molecule has 0 aliphatic carbocycles. The second-order valence-electron chi connectivity index (χ2n) is 6.01. The van der Waals surface area contributed by atoms with Gasteiger partial charge in [0.25, 0.3) is 11.8 Å². The number of likely N-dealkylation sites (N-methyl/N-ethyl adjacent to an activating group) is 1. The molecule has 3 rings (SSSR count). The normalized spacial score (nSPS) is 16.6. The third kappa shape index (κ3) is 5.24. The molecule has 1 aliphatic rings. The molecule has 0 spiro atoms. The molecule has 0 saturated carbocycles. The predicted molar refractivity (Wildman–Crippen MR) is 116 cm³/mol. The fraction of sp³-hybridized carbons (Fsp3) is 0.150. The summed E-state index contributed by atoms with van der Waals surface area (Å²) in [6.45, 7) is -0.203. The summed E-state index contributed by atoms with van der Waals surface area (Å²) >= 11 is 4.73. The molecule has 1 fully saturated rings. The minimum atomic E-state index is -0.374. The number of carbonyl (C=O) groups excluding carboxylic acids is 2. The fourth-order valence-electron chi connectivity index (χ4n) is 2.50. The van der Waals surface area contributed by atoms with Crippen molar-refractivity contribution in [3.05, 3.63) is 63.2 Å². The minimum absolute atomic E-state index is 0.107. The van der Waals surface area contributed by atoms with Gasteiger partial charge in [-0.15, -0.1) is 0 Å². The summed E-state index contributed by atoms with van der Waals surface area (Å²) in [6.07, 6.45) is 1.78. The largest absolute Gasteiger partial charge is 0.483 e. The molecular weight excluding hydrogens is 461 g/mol. The number of hydrogen-bond acceptors (Lipinski definition) is 5. The van der Waals surface area contributed by atoms with Crippen LogP contribution in [0.4, 0.5) is 10.1 Å². The first-order valence-corrected chi connectivity index (χ1v) is 10.1. The average molecular weight is 478 g/mol. The predicted octanol–water partition coefficient (Wildman–Crippen LogP) is 4.14. The number of hydrogen-bond donors (Lipinski definition) is 1. The number of ether oxygens (including phenoxy) is 1. The van der Waals surface area contributed by atoms with Crippen LogP contribution >= 0.6 is 27.7 Å². The Hall–Kier alpha value is -2.65. The summed E-state index contributed by atoms with van der Waals surface area (Å²) in [4.78, 5) is 30.4. The number of benzene rings is 2. The van der Waals surface area contributed by atoms with Crippen molar-refractivity contribution in [3.63, 3.8) is 0 Å². The van der Waals surface area contributed by atoms with E-state index in [0.29, 0.717) is 26.0 Å². The maximum atomic E-state index is 12.9. The number of amides is 2. The van der Waals surface area contributed by atoms with Crippen LogP contribution < -0.4 is 10.1 Å². The van der Waals surface area contributed by atoms with Crippen molar-refractivity contribution in [2.75, 3.05) is 26.0 Å². The molecule has 0 radical (unpaired) electrons. The van der Waals surface area contributed by atoms with Crippen molar-refractivity contribution in [1.82, 2.24) is 4.90 Å². The highest BCUT2D eigenvalue weighted by atomic mass is 79.9. The van der Waals surface area contributed by atoms with E-state index in [0.717, 1.165) is 5.56 Å². The number of nitrogens with zero attached hydrogens (tertiary/aromatic N) is 2. The molecule has 2 aromatic carbocycles. The molecule has 2 amide bonds. The van der Waals surface area contributed by atoms with Gasteiger partial charge in [-0.05, 0) is 75.7 Å². The summed E-state index contributed by atoms with van der Waals surface area (Å²) < 4.78 is 19.1. The number of anilines is 1. The van der Waals surface area contributed by atoms with Crippen molar-refractivity contribution < 1.29 is 18.7 Å². The Morgan fingerprint density at radius 1 is 1.31 bits per heavy atom. The van der Waals surface area contributed by atoms with Crippen molar-refractivity contribution in [3.8, 4) is 5.75 Å². The quantitative estimate of drug-likeness (QED) is 0.656. The number of amidine groups is 1. The Balaban J connectivity index is 1.62. The smallest absolute Gasteiger partial charge is 0.266 e. The van der Waals surface area contributed by atoms with Gasteiger partial charge in [0.05, 0.1) is 9.38 Å². The topological polar surface area (TPSA) is 71.0 Å². The Morgan fingerprint density at radius 2 is 2.03 bits per heavy atom. The lowest BCUT2D eigenvalue weighted by molar-refractivity contribution is -0.121. The molecule has 1 aliphatic heterocycles. The van der Waals surface area contributed by atoms with Crippen LogP contribution in [0.1, 0.15) is 5.56 Å². The molecule has 0 aromatic heterocycles. The first-order valence-electron chi connectivity index (χ1n) is 8.49. The highest BCUT2D eigenvalue weighted by Gasteiger charge is 2.29. The second-order valence-corrected chi connectivity index (χ2v) is 7.88. The van der Waals surface area contributed by atoms with E-state index in [1.54, 1.807) is 38.4 Å². The molecule has 1 saturated heterocycles. The maximum absolute atomic E-state index is 12.9. The standard InChI is InChI=1S/C20H17BrFN3O3S/c1-23-20-25(2)19(27)17(29-20)10-12-3-8-16(15(21)9-12)28-11-18(26)24-14-6-4-13(22)5-7-14/h3-10H,11H2,1-2H3,(H,24,26). The van der Waals surface area contributed by atoms with Gasteiger partial charge in [0.15, 0.2) is 11.8 Å². The summed E-state index contributed by atoms with van der Waals surface area (Å²) in [6, 6.07) is 10.8. The van der Waals surface area contributed by atoms with Gasteiger partial charge < -0.3 is 10.1 Å². The van der Waals surface area contributed by atoms with Crippen LogP contribution in [0.15, 0.2) is 56.8 Å². The SMILES string of the molecule is CN=C1SC(=Cc2ccc(OCC(=O)Nc3ccc(F)cc3)c(Br)c2)C(=O)N1C. The van der Waals surface area contributed by atoms with Gasteiger partial charge in [-0.3, -0.25) is 19.5 Å². The van der Waals surface area contributed by atoms with Crippen LogP contribution in [0.25, 0.3) is 6.08 Å². The van der Waals surface area contributed by atoms with Crippen molar-refractivity contribution in [1.29, 1.82) is 0 Å². The number of nitrogens with one attached hydrogen (secondary N) is 1. The number of thioether (sulfide) groups is 1. The van der Waals surface area contributed by atoms with Gasteiger partial charge in [-0.1, -0.05) is 6.07 Å². The average Bonchev–Trinajstić information content (AvgIpc) is 2.97. The Morgan fingerprint density at radius 3 is 2.66 bits per heavy atom. The first kappa shape index (κ1) is 21.1. The molecule has 0 bridgehead atoms. The molecule has 9 heteroatoms. The molecule has 1 N–H and O–H groups in total. The number of carbonyl (C=O) groups is 2. The molecule has 150 valence electrons. The summed E-state index contributed by atoms with van der Waals surface area (Å²) in [5, 5.41) is 3.27. The zero-order valence-electron chi connectivity index (χ0n) is 15.6. The van der Waals surface area contributed by atoms with E-state index in [4.69, 9.17) is 4.74 Å². The zero-order chi connectivity index (χ0) is 21.0. The van der Waals surface area contributed by atoms with Crippen LogP contribution in [0.2, 0.25) is 0 Å². The number of rotatable bonds is 5. The number of halogens is 2. The van der Waals surface area contributed by atoms with E-state index in [1.165, 1.54) is 40.9 Å². The summed E-state index contributed by atoms with van der Waals surface area (Å²) in [7, 11) is 3.33. The molecular formula is C20H17BrFN3O3S. The van der Waals surface area contributed by atoms with Gasteiger partial charge >= 0.3 is 0 Å². The van der Waals surface area contributed by atoms with Gasteiger partial charge in [0.2, 0.25) is 0 Å². The Kier molecular flexibility index (Phi) is 6.71. The Bertz CT molecular complexity index is 1010. The molecule has 0 atom stereocenters. The molecule has 29 heavy (non-hydrogen) atoms. The van der Waals surface area contributed by atoms with Crippen LogP contribution in [-0.2, 0) is 9.59 Å².